The number of nitrogens with one attached hydrogen (secondary N) is 1. The maximum Gasteiger partial charge on any atom is 0.161 e. The molecule has 0 amide bonds. The lowest BCUT2D eigenvalue weighted by molar-refractivity contribution is 0.284. The molecule has 0 saturated carbocycles. The van der Waals surface area contributed by atoms with Crippen LogP contribution in [0.2, 0.25) is 10.0 Å². The summed E-state index contributed by atoms with van der Waals surface area (Å²) in [6, 6.07) is 17.6. The molecule has 0 unspecified atom stereocenters. The first-order valence-electron chi connectivity index (χ1n) is 8.74. The van der Waals surface area contributed by atoms with Crippen molar-refractivity contribution >= 4 is 23.2 Å². The predicted molar refractivity (Wildman–Crippen MR) is 111 cm³/mol. The lowest BCUT2D eigenvalue weighted by atomic mass is 10.2. The van der Waals surface area contributed by atoms with E-state index in [-0.39, 0.29) is 5.82 Å². The first kappa shape index (κ1) is 20.5. The highest BCUT2D eigenvalue weighted by Gasteiger charge is 2.07. The highest BCUT2D eigenvalue weighted by atomic mass is 35.5. The second-order valence-corrected chi connectivity index (χ2v) is 7.07. The Labute approximate surface area is 174 Å². The van der Waals surface area contributed by atoms with Gasteiger partial charge in [-0.05, 0) is 53.1 Å². The Balaban J connectivity index is 1.58. The van der Waals surface area contributed by atoms with Gasteiger partial charge < -0.3 is 14.8 Å². The molecule has 3 rings (SSSR count). The average Bonchev–Trinajstić information content (AvgIpc) is 2.71. The molecule has 0 aliphatic rings. The number of benzene rings is 3. The summed E-state index contributed by atoms with van der Waals surface area (Å²) in [6.45, 7) is 1.66. The van der Waals surface area contributed by atoms with Crippen molar-refractivity contribution in [3.63, 3.8) is 0 Å². The third-order valence-corrected chi connectivity index (χ3v) is 4.92. The molecule has 0 bridgehead atoms. The zero-order valence-corrected chi connectivity index (χ0v) is 16.9. The van der Waals surface area contributed by atoms with Gasteiger partial charge in [0.05, 0.1) is 17.2 Å². The summed E-state index contributed by atoms with van der Waals surface area (Å²) in [4.78, 5) is 0. The molecule has 3 aromatic carbocycles. The summed E-state index contributed by atoms with van der Waals surface area (Å²) in [7, 11) is 1.61. The van der Waals surface area contributed by atoms with Crippen LogP contribution in [0, 0.1) is 5.82 Å². The highest BCUT2D eigenvalue weighted by Crippen LogP contribution is 2.30. The third kappa shape index (κ3) is 5.61. The molecule has 0 atom stereocenters. The van der Waals surface area contributed by atoms with Gasteiger partial charge >= 0.3 is 0 Å². The van der Waals surface area contributed by atoms with Gasteiger partial charge in [0, 0.05) is 13.1 Å². The van der Waals surface area contributed by atoms with Gasteiger partial charge in [-0.15, -0.1) is 0 Å². The van der Waals surface area contributed by atoms with Gasteiger partial charge in [-0.25, -0.2) is 4.39 Å². The second-order valence-electron chi connectivity index (χ2n) is 6.25. The van der Waals surface area contributed by atoms with Crippen LogP contribution in [0.25, 0.3) is 0 Å². The summed E-state index contributed by atoms with van der Waals surface area (Å²) in [6.07, 6.45) is 0. The standard InChI is InChI=1S/C22H20Cl2FNO2/c1-27-22-11-16(13-26-12-15-2-6-18(25)7-3-15)5-9-21(22)28-14-17-4-8-19(23)20(24)10-17/h2-11,26H,12-14H2,1H3. The number of methoxy groups -OCH3 is 1. The van der Waals surface area contributed by atoms with Gasteiger partial charge in [-0.3, -0.25) is 0 Å². The van der Waals surface area contributed by atoms with Gasteiger partial charge in [0.2, 0.25) is 0 Å². The van der Waals surface area contributed by atoms with Crippen LogP contribution in [-0.4, -0.2) is 7.11 Å². The quantitative estimate of drug-likeness (QED) is 0.484. The second kappa shape index (κ2) is 9.78. The Morgan fingerprint density at radius 2 is 1.46 bits per heavy atom. The first-order valence-corrected chi connectivity index (χ1v) is 9.49. The Hall–Kier alpha value is -2.27. The summed E-state index contributed by atoms with van der Waals surface area (Å²) >= 11 is 12.0. The molecule has 0 saturated heterocycles. The van der Waals surface area contributed by atoms with Gasteiger partial charge in [-0.2, -0.15) is 0 Å². The number of hydrogen-bond donors (Lipinski definition) is 1. The molecule has 3 aromatic rings. The molecule has 3 nitrogen and oxygen atoms in total. The number of ether oxygens (including phenoxy) is 2. The van der Waals surface area contributed by atoms with Crippen LogP contribution < -0.4 is 14.8 Å². The van der Waals surface area contributed by atoms with E-state index in [2.05, 4.69) is 5.32 Å². The minimum Gasteiger partial charge on any atom is -0.493 e. The Morgan fingerprint density at radius 1 is 0.786 bits per heavy atom. The zero-order valence-electron chi connectivity index (χ0n) is 15.3. The van der Waals surface area contributed by atoms with E-state index in [0.717, 1.165) is 16.7 Å². The molecular formula is C22H20Cl2FNO2. The number of rotatable bonds is 8. The van der Waals surface area contributed by atoms with Crippen molar-refractivity contribution in [2.75, 3.05) is 7.11 Å². The third-order valence-electron chi connectivity index (χ3n) is 4.18. The Morgan fingerprint density at radius 3 is 2.18 bits per heavy atom. The van der Waals surface area contributed by atoms with Crippen LogP contribution in [0.1, 0.15) is 16.7 Å². The van der Waals surface area contributed by atoms with Crippen molar-refractivity contribution in [3.8, 4) is 11.5 Å². The van der Waals surface area contributed by atoms with Crippen molar-refractivity contribution in [2.45, 2.75) is 19.7 Å². The van der Waals surface area contributed by atoms with Crippen LogP contribution in [0.4, 0.5) is 4.39 Å². The van der Waals surface area contributed by atoms with Crippen molar-refractivity contribution in [3.05, 3.63) is 93.2 Å². The fourth-order valence-electron chi connectivity index (χ4n) is 2.69. The van der Waals surface area contributed by atoms with Gasteiger partial charge in [0.15, 0.2) is 11.5 Å². The van der Waals surface area contributed by atoms with Gasteiger partial charge in [0.1, 0.15) is 12.4 Å². The van der Waals surface area contributed by atoms with Crippen LogP contribution in [0.3, 0.4) is 0 Å². The fraction of sp³-hybridized carbons (Fsp3) is 0.182. The topological polar surface area (TPSA) is 30.5 Å². The average molecular weight is 420 g/mol. The lowest BCUT2D eigenvalue weighted by Crippen LogP contribution is -2.12. The largest absolute Gasteiger partial charge is 0.493 e. The van der Waals surface area contributed by atoms with E-state index in [0.29, 0.717) is 41.2 Å². The van der Waals surface area contributed by atoms with E-state index in [9.17, 15) is 4.39 Å². The van der Waals surface area contributed by atoms with E-state index in [1.54, 1.807) is 31.4 Å². The fourth-order valence-corrected chi connectivity index (χ4v) is 3.01. The molecule has 0 radical (unpaired) electrons. The molecule has 0 fully saturated rings. The van der Waals surface area contributed by atoms with Crippen LogP contribution in [-0.2, 0) is 19.7 Å². The minimum atomic E-state index is -0.232. The maximum absolute atomic E-state index is 12.9. The van der Waals surface area contributed by atoms with E-state index in [1.807, 2.05) is 24.3 Å². The highest BCUT2D eigenvalue weighted by molar-refractivity contribution is 6.42. The summed E-state index contributed by atoms with van der Waals surface area (Å²) in [5, 5.41) is 4.34. The summed E-state index contributed by atoms with van der Waals surface area (Å²) in [5.74, 6) is 1.07. The smallest absolute Gasteiger partial charge is 0.161 e. The molecule has 0 aliphatic heterocycles. The van der Waals surface area contributed by atoms with Crippen molar-refractivity contribution in [2.24, 2.45) is 0 Å². The SMILES string of the molecule is COc1cc(CNCc2ccc(F)cc2)ccc1OCc1ccc(Cl)c(Cl)c1. The molecular weight excluding hydrogens is 400 g/mol. The van der Waals surface area contributed by atoms with E-state index in [4.69, 9.17) is 32.7 Å². The van der Waals surface area contributed by atoms with Gasteiger partial charge in [0.25, 0.3) is 0 Å². The van der Waals surface area contributed by atoms with Crippen LogP contribution >= 0.6 is 23.2 Å². The number of hydrogen-bond acceptors (Lipinski definition) is 3. The molecule has 6 heteroatoms. The van der Waals surface area contributed by atoms with E-state index >= 15 is 0 Å². The van der Waals surface area contributed by atoms with Crippen LogP contribution in [0.15, 0.2) is 60.7 Å². The molecule has 0 heterocycles. The molecule has 0 aliphatic carbocycles. The van der Waals surface area contributed by atoms with E-state index < -0.39 is 0 Å². The van der Waals surface area contributed by atoms with Crippen molar-refractivity contribution in [1.82, 2.24) is 5.32 Å². The number of halogens is 3. The lowest BCUT2D eigenvalue weighted by Gasteiger charge is -2.13. The normalized spacial score (nSPS) is 10.7. The Kier molecular flexibility index (Phi) is 7.15. The van der Waals surface area contributed by atoms with E-state index in [1.165, 1.54) is 12.1 Å². The molecule has 1 N–H and O–H groups in total. The minimum absolute atomic E-state index is 0.232. The molecule has 0 spiro atoms. The summed E-state index contributed by atoms with van der Waals surface area (Å²) < 4.78 is 24.3. The predicted octanol–water partition coefficient (Wildman–Crippen LogP) is 6.01. The molecule has 0 aromatic heterocycles. The Bertz CT molecular complexity index is 932. The maximum atomic E-state index is 12.9. The zero-order chi connectivity index (χ0) is 19.9. The van der Waals surface area contributed by atoms with Crippen LogP contribution in [0.5, 0.6) is 11.5 Å². The van der Waals surface area contributed by atoms with Crippen molar-refractivity contribution in [1.29, 1.82) is 0 Å². The first-order chi connectivity index (χ1) is 13.5. The summed E-state index contributed by atoms with van der Waals surface area (Å²) in [5.41, 5.74) is 3.00. The molecule has 146 valence electrons. The molecule has 28 heavy (non-hydrogen) atoms. The monoisotopic (exact) mass is 419 g/mol. The van der Waals surface area contributed by atoms with Gasteiger partial charge in [-0.1, -0.05) is 47.5 Å². The van der Waals surface area contributed by atoms with Crippen molar-refractivity contribution < 1.29 is 13.9 Å².